The molecular weight excluding hydrogens is 276 g/mol. The van der Waals surface area contributed by atoms with Gasteiger partial charge in [0.2, 0.25) is 0 Å². The molecule has 0 spiro atoms. The largest absolute Gasteiger partial charge is 0.293 e. The van der Waals surface area contributed by atoms with E-state index in [1.165, 1.54) is 22.7 Å². The van der Waals surface area contributed by atoms with Crippen LogP contribution in [-0.2, 0) is 6.54 Å². The predicted octanol–water partition coefficient (Wildman–Crippen LogP) is 3.22. The smallest absolute Gasteiger partial charge is 0.271 e. The summed E-state index contributed by atoms with van der Waals surface area (Å²) >= 11 is 8.77. The molecule has 0 unspecified atom stereocenters. The van der Waals surface area contributed by atoms with Crippen LogP contribution < -0.4 is 5.56 Å². The molecular formula is C11H7ClN2OS2. The van der Waals surface area contributed by atoms with Gasteiger partial charge < -0.3 is 0 Å². The molecule has 0 radical (unpaired) electrons. The van der Waals surface area contributed by atoms with E-state index in [2.05, 4.69) is 4.98 Å². The SMILES string of the molecule is O=c1c2sccc2ncn1Cc1ccc(Cl)s1. The van der Waals surface area contributed by atoms with E-state index >= 15 is 0 Å². The summed E-state index contributed by atoms with van der Waals surface area (Å²) in [4.78, 5) is 17.4. The number of nitrogens with zero attached hydrogens (tertiary/aromatic N) is 2. The molecule has 17 heavy (non-hydrogen) atoms. The lowest BCUT2D eigenvalue weighted by Gasteiger charge is -2.02. The van der Waals surface area contributed by atoms with E-state index in [0.29, 0.717) is 11.2 Å². The quantitative estimate of drug-likeness (QED) is 0.723. The predicted molar refractivity (Wildman–Crippen MR) is 72.3 cm³/mol. The molecule has 3 rings (SSSR count). The Bertz CT molecular complexity index is 728. The van der Waals surface area contributed by atoms with Crippen molar-refractivity contribution in [1.82, 2.24) is 9.55 Å². The van der Waals surface area contributed by atoms with E-state index in [1.54, 1.807) is 10.9 Å². The molecule has 0 aromatic carbocycles. The van der Waals surface area contributed by atoms with Crippen LogP contribution >= 0.6 is 34.3 Å². The molecule has 0 amide bonds. The van der Waals surface area contributed by atoms with E-state index < -0.39 is 0 Å². The van der Waals surface area contributed by atoms with Crippen LogP contribution in [0.2, 0.25) is 4.34 Å². The standard InChI is InChI=1S/C11H7ClN2OS2/c12-9-2-1-7(17-9)5-14-6-13-8-3-4-16-10(8)11(14)15/h1-4,6H,5H2. The first kappa shape index (κ1) is 11.0. The molecule has 3 heterocycles. The Kier molecular flexibility index (Phi) is 2.74. The van der Waals surface area contributed by atoms with Crippen molar-refractivity contribution < 1.29 is 0 Å². The minimum atomic E-state index is 0.00882. The lowest BCUT2D eigenvalue weighted by molar-refractivity contribution is 0.760. The Morgan fingerprint density at radius 2 is 2.24 bits per heavy atom. The van der Waals surface area contributed by atoms with E-state index in [4.69, 9.17) is 11.6 Å². The van der Waals surface area contributed by atoms with Crippen LogP contribution in [0.5, 0.6) is 0 Å². The zero-order chi connectivity index (χ0) is 11.8. The van der Waals surface area contributed by atoms with Crippen molar-refractivity contribution in [2.45, 2.75) is 6.54 Å². The fraction of sp³-hybridized carbons (Fsp3) is 0.0909. The fourth-order valence-corrected chi connectivity index (χ4v) is 3.48. The molecule has 0 atom stereocenters. The van der Waals surface area contributed by atoms with E-state index in [-0.39, 0.29) is 5.56 Å². The molecule has 0 saturated heterocycles. The summed E-state index contributed by atoms with van der Waals surface area (Å²) in [6.07, 6.45) is 1.59. The highest BCUT2D eigenvalue weighted by Crippen LogP contribution is 2.22. The molecule has 3 nitrogen and oxygen atoms in total. The molecule has 0 fully saturated rings. The van der Waals surface area contributed by atoms with Crippen LogP contribution in [0.3, 0.4) is 0 Å². The molecule has 3 aromatic heterocycles. The van der Waals surface area contributed by atoms with Gasteiger partial charge in [0.15, 0.2) is 0 Å². The Balaban J connectivity index is 2.06. The van der Waals surface area contributed by atoms with E-state index in [0.717, 1.165) is 14.7 Å². The summed E-state index contributed by atoms with van der Waals surface area (Å²) < 4.78 is 3.05. The van der Waals surface area contributed by atoms with Crippen molar-refractivity contribution in [3.63, 3.8) is 0 Å². The first-order valence-electron chi connectivity index (χ1n) is 4.91. The van der Waals surface area contributed by atoms with Crippen LogP contribution in [0.15, 0.2) is 34.7 Å². The minimum Gasteiger partial charge on any atom is -0.293 e. The normalized spacial score (nSPS) is 11.1. The van der Waals surface area contributed by atoms with Crippen molar-refractivity contribution in [1.29, 1.82) is 0 Å². The van der Waals surface area contributed by atoms with Gasteiger partial charge in [0.05, 0.1) is 22.7 Å². The lowest BCUT2D eigenvalue weighted by Crippen LogP contribution is -2.19. The van der Waals surface area contributed by atoms with Crippen molar-refractivity contribution in [3.8, 4) is 0 Å². The van der Waals surface area contributed by atoms with Gasteiger partial charge in [-0.2, -0.15) is 0 Å². The first-order chi connectivity index (χ1) is 8.24. The molecule has 0 aliphatic rings. The number of rotatable bonds is 2. The van der Waals surface area contributed by atoms with Gasteiger partial charge in [-0.15, -0.1) is 22.7 Å². The summed E-state index contributed by atoms with van der Waals surface area (Å²) in [5, 5.41) is 1.88. The fourth-order valence-electron chi connectivity index (χ4n) is 1.60. The monoisotopic (exact) mass is 282 g/mol. The van der Waals surface area contributed by atoms with Crippen molar-refractivity contribution in [2.75, 3.05) is 0 Å². The van der Waals surface area contributed by atoms with Crippen LogP contribution in [0, 0.1) is 0 Å². The maximum Gasteiger partial charge on any atom is 0.271 e. The summed E-state index contributed by atoms with van der Waals surface area (Å²) in [5.74, 6) is 0. The van der Waals surface area contributed by atoms with Crippen molar-refractivity contribution in [2.24, 2.45) is 0 Å². The molecule has 0 saturated carbocycles. The number of halogens is 1. The first-order valence-corrected chi connectivity index (χ1v) is 6.98. The second kappa shape index (κ2) is 4.25. The topological polar surface area (TPSA) is 34.9 Å². The van der Waals surface area contributed by atoms with Crippen molar-refractivity contribution >= 4 is 44.5 Å². The Hall–Kier alpha value is -1.17. The highest BCUT2D eigenvalue weighted by atomic mass is 35.5. The Labute approximate surface area is 110 Å². The molecule has 3 aromatic rings. The third kappa shape index (κ3) is 2.01. The number of fused-ring (bicyclic) bond motifs is 1. The van der Waals surface area contributed by atoms with E-state index in [1.807, 2.05) is 23.6 Å². The molecule has 6 heteroatoms. The third-order valence-electron chi connectivity index (χ3n) is 2.39. The molecule has 0 aliphatic carbocycles. The van der Waals surface area contributed by atoms with Gasteiger partial charge in [-0.05, 0) is 23.6 Å². The third-order valence-corrected chi connectivity index (χ3v) is 4.50. The Morgan fingerprint density at radius 1 is 1.35 bits per heavy atom. The van der Waals surface area contributed by atoms with Crippen LogP contribution in [0.4, 0.5) is 0 Å². The van der Waals surface area contributed by atoms with Gasteiger partial charge in [0.1, 0.15) is 4.70 Å². The number of aromatic nitrogens is 2. The van der Waals surface area contributed by atoms with Gasteiger partial charge in [0, 0.05) is 4.88 Å². The second-order valence-corrected chi connectivity index (χ2v) is 6.23. The summed E-state index contributed by atoms with van der Waals surface area (Å²) in [6, 6.07) is 5.62. The summed E-state index contributed by atoms with van der Waals surface area (Å²) in [6.45, 7) is 0.525. The Morgan fingerprint density at radius 3 is 3.00 bits per heavy atom. The van der Waals surface area contributed by atoms with Crippen LogP contribution in [0.25, 0.3) is 10.2 Å². The highest BCUT2D eigenvalue weighted by Gasteiger charge is 2.06. The van der Waals surface area contributed by atoms with Gasteiger partial charge in [-0.25, -0.2) is 4.98 Å². The van der Waals surface area contributed by atoms with E-state index in [9.17, 15) is 4.79 Å². The maximum absolute atomic E-state index is 12.1. The maximum atomic E-state index is 12.1. The molecule has 0 N–H and O–H groups in total. The number of thiophene rings is 2. The highest BCUT2D eigenvalue weighted by molar-refractivity contribution is 7.17. The lowest BCUT2D eigenvalue weighted by atomic mass is 10.4. The average Bonchev–Trinajstić information content (AvgIpc) is 2.92. The average molecular weight is 283 g/mol. The summed E-state index contributed by atoms with van der Waals surface area (Å²) in [7, 11) is 0. The molecule has 0 bridgehead atoms. The van der Waals surface area contributed by atoms with Gasteiger partial charge in [-0.1, -0.05) is 11.6 Å². The zero-order valence-corrected chi connectivity index (χ0v) is 11.0. The summed E-state index contributed by atoms with van der Waals surface area (Å²) in [5.41, 5.74) is 0.773. The molecule has 86 valence electrons. The van der Waals surface area contributed by atoms with Gasteiger partial charge >= 0.3 is 0 Å². The minimum absolute atomic E-state index is 0.00882. The van der Waals surface area contributed by atoms with Crippen LogP contribution in [-0.4, -0.2) is 9.55 Å². The second-order valence-electron chi connectivity index (χ2n) is 3.52. The number of hydrogen-bond acceptors (Lipinski definition) is 4. The molecule has 0 aliphatic heterocycles. The zero-order valence-electron chi connectivity index (χ0n) is 8.59. The number of hydrogen-bond donors (Lipinski definition) is 0. The van der Waals surface area contributed by atoms with Gasteiger partial charge in [0.25, 0.3) is 5.56 Å². The van der Waals surface area contributed by atoms with Crippen molar-refractivity contribution in [3.05, 3.63) is 49.5 Å². The van der Waals surface area contributed by atoms with Crippen LogP contribution in [0.1, 0.15) is 4.88 Å². The van der Waals surface area contributed by atoms with Gasteiger partial charge in [-0.3, -0.25) is 9.36 Å².